The van der Waals surface area contributed by atoms with Gasteiger partial charge in [0.2, 0.25) is 0 Å². The van der Waals surface area contributed by atoms with E-state index in [1.165, 1.54) is 51.6 Å². The lowest BCUT2D eigenvalue weighted by atomic mass is 9.93. The Bertz CT molecular complexity index is 465. The quantitative estimate of drug-likeness (QED) is 0.898. The Morgan fingerprint density at radius 2 is 1.67 bits per heavy atom. The molecule has 1 saturated carbocycles. The SMILES string of the molecule is CN1CCCC(NC2C3CCC2Cc2ccccc2C3)C1. The molecule has 0 radical (unpaired) electrons. The van der Waals surface area contributed by atoms with E-state index in [0.29, 0.717) is 0 Å². The summed E-state index contributed by atoms with van der Waals surface area (Å²) < 4.78 is 0. The first-order chi connectivity index (χ1) is 10.3. The van der Waals surface area contributed by atoms with Gasteiger partial charge >= 0.3 is 0 Å². The number of benzene rings is 1. The minimum Gasteiger partial charge on any atom is -0.309 e. The summed E-state index contributed by atoms with van der Waals surface area (Å²) >= 11 is 0. The van der Waals surface area contributed by atoms with E-state index in [1.54, 1.807) is 11.1 Å². The topological polar surface area (TPSA) is 15.3 Å². The summed E-state index contributed by atoms with van der Waals surface area (Å²) in [5.41, 5.74) is 3.24. The van der Waals surface area contributed by atoms with Crippen molar-refractivity contribution < 1.29 is 0 Å². The fraction of sp³-hybridized carbons (Fsp3) is 0.684. The number of piperidine rings is 1. The van der Waals surface area contributed by atoms with Crippen LogP contribution in [0.3, 0.4) is 0 Å². The molecule has 2 bridgehead atoms. The van der Waals surface area contributed by atoms with Gasteiger partial charge in [0.1, 0.15) is 0 Å². The monoisotopic (exact) mass is 284 g/mol. The third-order valence-electron chi connectivity index (χ3n) is 6.06. The van der Waals surface area contributed by atoms with Crippen molar-refractivity contribution in [2.45, 2.75) is 50.6 Å². The molecule has 2 heteroatoms. The van der Waals surface area contributed by atoms with Gasteiger partial charge in [-0.05, 0) is 75.1 Å². The first-order valence-corrected chi connectivity index (χ1v) is 8.81. The zero-order valence-electron chi connectivity index (χ0n) is 13.2. The minimum atomic E-state index is 0.720. The van der Waals surface area contributed by atoms with E-state index in [9.17, 15) is 0 Å². The molecule has 3 aliphatic rings. The summed E-state index contributed by atoms with van der Waals surface area (Å²) in [6.07, 6.45) is 8.18. The van der Waals surface area contributed by atoms with Crippen LogP contribution in [0.4, 0.5) is 0 Å². The third-order valence-corrected chi connectivity index (χ3v) is 6.06. The van der Waals surface area contributed by atoms with Gasteiger partial charge in [-0.2, -0.15) is 0 Å². The molecule has 21 heavy (non-hydrogen) atoms. The van der Waals surface area contributed by atoms with Crippen molar-refractivity contribution in [3.8, 4) is 0 Å². The third kappa shape index (κ3) is 2.76. The second kappa shape index (κ2) is 5.73. The molecule has 2 nitrogen and oxygen atoms in total. The van der Waals surface area contributed by atoms with E-state index in [0.717, 1.165) is 23.9 Å². The van der Waals surface area contributed by atoms with E-state index in [-0.39, 0.29) is 0 Å². The first-order valence-electron chi connectivity index (χ1n) is 8.81. The normalized spacial score (nSPS) is 36.2. The molecule has 1 aromatic carbocycles. The average molecular weight is 284 g/mol. The van der Waals surface area contributed by atoms with Crippen LogP contribution in [0.15, 0.2) is 24.3 Å². The molecule has 3 unspecified atom stereocenters. The highest BCUT2D eigenvalue weighted by Crippen LogP contribution is 2.40. The van der Waals surface area contributed by atoms with Crippen molar-refractivity contribution in [2.24, 2.45) is 11.8 Å². The highest BCUT2D eigenvalue weighted by Gasteiger charge is 2.39. The van der Waals surface area contributed by atoms with Crippen molar-refractivity contribution in [1.82, 2.24) is 10.2 Å². The van der Waals surface area contributed by atoms with Crippen molar-refractivity contribution in [2.75, 3.05) is 20.1 Å². The molecule has 0 aromatic heterocycles. The van der Waals surface area contributed by atoms with Gasteiger partial charge in [-0.25, -0.2) is 0 Å². The number of likely N-dealkylation sites (N-methyl/N-ethyl adjacent to an activating group) is 1. The van der Waals surface area contributed by atoms with Crippen molar-refractivity contribution in [3.63, 3.8) is 0 Å². The smallest absolute Gasteiger partial charge is 0.0198 e. The second-order valence-electron chi connectivity index (χ2n) is 7.57. The van der Waals surface area contributed by atoms with Gasteiger partial charge in [-0.3, -0.25) is 0 Å². The molecule has 2 aliphatic carbocycles. The first kappa shape index (κ1) is 13.8. The van der Waals surface area contributed by atoms with Gasteiger partial charge in [-0.15, -0.1) is 0 Å². The highest BCUT2D eigenvalue weighted by atomic mass is 15.1. The molecule has 114 valence electrons. The summed E-state index contributed by atoms with van der Waals surface area (Å²) in [7, 11) is 2.27. The summed E-state index contributed by atoms with van der Waals surface area (Å²) in [6, 6.07) is 10.6. The average Bonchev–Trinajstić information content (AvgIpc) is 2.75. The zero-order chi connectivity index (χ0) is 14.2. The van der Waals surface area contributed by atoms with Crippen LogP contribution in [0.5, 0.6) is 0 Å². The van der Waals surface area contributed by atoms with Crippen LogP contribution in [0.1, 0.15) is 36.8 Å². The maximum Gasteiger partial charge on any atom is 0.0198 e. The largest absolute Gasteiger partial charge is 0.309 e. The van der Waals surface area contributed by atoms with E-state index in [4.69, 9.17) is 0 Å². The minimum absolute atomic E-state index is 0.720. The van der Waals surface area contributed by atoms with Gasteiger partial charge in [0, 0.05) is 18.6 Å². The Morgan fingerprint density at radius 1 is 1.00 bits per heavy atom. The fourth-order valence-electron chi connectivity index (χ4n) is 5.00. The summed E-state index contributed by atoms with van der Waals surface area (Å²) in [6.45, 7) is 2.52. The van der Waals surface area contributed by atoms with Crippen LogP contribution in [0, 0.1) is 11.8 Å². The maximum atomic E-state index is 4.08. The van der Waals surface area contributed by atoms with Gasteiger partial charge in [0.15, 0.2) is 0 Å². The maximum absolute atomic E-state index is 4.08. The summed E-state index contributed by atoms with van der Waals surface area (Å²) in [5.74, 6) is 1.73. The number of fused-ring (bicyclic) bond motifs is 3. The fourth-order valence-corrected chi connectivity index (χ4v) is 5.00. The lowest BCUT2D eigenvalue weighted by Crippen LogP contribution is -2.51. The Balaban J connectivity index is 1.50. The molecule has 3 atom stereocenters. The van der Waals surface area contributed by atoms with Crippen molar-refractivity contribution in [3.05, 3.63) is 35.4 Å². The zero-order valence-corrected chi connectivity index (χ0v) is 13.2. The number of nitrogens with one attached hydrogen (secondary N) is 1. The molecule has 1 saturated heterocycles. The van der Waals surface area contributed by atoms with Crippen LogP contribution >= 0.6 is 0 Å². The highest BCUT2D eigenvalue weighted by molar-refractivity contribution is 5.30. The number of hydrogen-bond donors (Lipinski definition) is 1. The molecule has 1 aromatic rings. The predicted octanol–water partition coefficient (Wildman–Crippen LogP) is 2.86. The van der Waals surface area contributed by atoms with Gasteiger partial charge in [-0.1, -0.05) is 24.3 Å². The molecular weight excluding hydrogens is 256 g/mol. The van der Waals surface area contributed by atoms with Crippen LogP contribution < -0.4 is 5.32 Å². The van der Waals surface area contributed by atoms with Crippen LogP contribution in [-0.4, -0.2) is 37.1 Å². The molecule has 0 amide bonds. The van der Waals surface area contributed by atoms with Crippen LogP contribution in [0.25, 0.3) is 0 Å². The summed E-state index contributed by atoms with van der Waals surface area (Å²) in [4.78, 5) is 2.49. The lowest BCUT2D eigenvalue weighted by Gasteiger charge is -2.35. The Labute approximate surface area is 128 Å². The van der Waals surface area contributed by atoms with Gasteiger partial charge in [0.25, 0.3) is 0 Å². The van der Waals surface area contributed by atoms with Gasteiger partial charge in [0.05, 0.1) is 0 Å². The number of likely N-dealkylation sites (tertiary alicyclic amines) is 1. The molecule has 0 spiro atoms. The molecule has 2 fully saturated rings. The van der Waals surface area contributed by atoms with Crippen molar-refractivity contribution >= 4 is 0 Å². The Morgan fingerprint density at radius 3 is 2.29 bits per heavy atom. The number of hydrogen-bond acceptors (Lipinski definition) is 2. The van der Waals surface area contributed by atoms with Gasteiger partial charge < -0.3 is 10.2 Å². The summed E-state index contributed by atoms with van der Waals surface area (Å²) in [5, 5.41) is 4.08. The number of nitrogens with zero attached hydrogens (tertiary/aromatic N) is 1. The second-order valence-corrected chi connectivity index (χ2v) is 7.57. The molecule has 4 rings (SSSR count). The molecular formula is C19H28N2. The van der Waals surface area contributed by atoms with E-state index in [2.05, 4.69) is 41.5 Å². The van der Waals surface area contributed by atoms with E-state index < -0.39 is 0 Å². The van der Waals surface area contributed by atoms with Crippen molar-refractivity contribution in [1.29, 1.82) is 0 Å². The molecule has 1 heterocycles. The predicted molar refractivity (Wildman–Crippen MR) is 87.5 cm³/mol. The van der Waals surface area contributed by atoms with Crippen LogP contribution in [0.2, 0.25) is 0 Å². The van der Waals surface area contributed by atoms with Crippen LogP contribution in [-0.2, 0) is 12.8 Å². The molecule has 1 aliphatic heterocycles. The standard InChI is InChI=1S/C19H28N2/c1-21-10-4-7-18(13-21)20-19-16-8-9-17(19)12-15-6-3-2-5-14(15)11-16/h2-3,5-6,16-20H,4,7-13H2,1H3. The van der Waals surface area contributed by atoms with E-state index >= 15 is 0 Å². The van der Waals surface area contributed by atoms with E-state index in [1.807, 2.05) is 0 Å². The Kier molecular flexibility index (Phi) is 3.76. The Hall–Kier alpha value is -0.860. The number of rotatable bonds is 2. The lowest BCUT2D eigenvalue weighted by molar-refractivity contribution is 0.195. The molecule has 1 N–H and O–H groups in total.